The summed E-state index contributed by atoms with van der Waals surface area (Å²) in [4.78, 5) is -0.315. The summed E-state index contributed by atoms with van der Waals surface area (Å²) in [7, 11) is -2.29. The zero-order chi connectivity index (χ0) is 15.0. The van der Waals surface area contributed by atoms with Crippen LogP contribution in [0.5, 0.6) is 0 Å². The van der Waals surface area contributed by atoms with Crippen LogP contribution < -0.4 is 10.0 Å². The molecule has 0 aliphatic rings. The molecular weight excluding hydrogens is 283 g/mol. The minimum atomic E-state index is -3.83. The van der Waals surface area contributed by atoms with E-state index in [2.05, 4.69) is 10.0 Å². The zero-order valence-electron chi connectivity index (χ0n) is 11.8. The molecule has 0 amide bonds. The Hall–Kier alpha value is -1.02. The summed E-state index contributed by atoms with van der Waals surface area (Å²) in [5.74, 6) is -0.746. The fraction of sp³-hybridized carbons (Fsp3) is 0.538. The van der Waals surface area contributed by atoms with Crippen molar-refractivity contribution in [3.63, 3.8) is 0 Å². The van der Waals surface area contributed by atoms with E-state index in [4.69, 9.17) is 4.74 Å². The van der Waals surface area contributed by atoms with E-state index < -0.39 is 15.8 Å². The number of hydrogen-bond acceptors (Lipinski definition) is 4. The summed E-state index contributed by atoms with van der Waals surface area (Å²) in [5.41, 5.74) is 0.727. The molecule has 0 aromatic heterocycles. The second kappa shape index (κ2) is 8.31. The Morgan fingerprint density at radius 1 is 1.35 bits per heavy atom. The van der Waals surface area contributed by atoms with Gasteiger partial charge in [0, 0.05) is 26.8 Å². The number of sulfonamides is 1. The van der Waals surface area contributed by atoms with Gasteiger partial charge in [-0.05, 0) is 30.7 Å². The molecule has 0 fully saturated rings. The number of methoxy groups -OCH3 is 1. The van der Waals surface area contributed by atoms with E-state index in [-0.39, 0.29) is 11.4 Å². The van der Waals surface area contributed by atoms with Crippen molar-refractivity contribution in [3.05, 3.63) is 29.6 Å². The van der Waals surface area contributed by atoms with E-state index >= 15 is 0 Å². The summed E-state index contributed by atoms with van der Waals surface area (Å²) in [6.45, 7) is 3.87. The van der Waals surface area contributed by atoms with E-state index in [0.717, 1.165) is 12.1 Å². The van der Waals surface area contributed by atoms with Crippen LogP contribution in [0.3, 0.4) is 0 Å². The molecule has 0 aliphatic heterocycles. The standard InChI is InChI=1S/C13H21FN2O3S/c1-3-15-10-11-5-6-12(14)13(9-11)20(17,18)16-7-4-8-19-2/h5-6,9,15-16H,3-4,7-8,10H2,1-2H3. The largest absolute Gasteiger partial charge is 0.385 e. The maximum absolute atomic E-state index is 13.7. The Morgan fingerprint density at radius 3 is 2.75 bits per heavy atom. The topological polar surface area (TPSA) is 67.4 Å². The molecule has 0 atom stereocenters. The molecule has 1 aromatic rings. The first-order valence-corrected chi connectivity index (χ1v) is 7.97. The monoisotopic (exact) mass is 304 g/mol. The Morgan fingerprint density at radius 2 is 2.10 bits per heavy atom. The van der Waals surface area contributed by atoms with Gasteiger partial charge in [0.1, 0.15) is 10.7 Å². The third-order valence-corrected chi connectivity index (χ3v) is 4.16. The molecule has 0 bridgehead atoms. The average molecular weight is 304 g/mol. The fourth-order valence-electron chi connectivity index (χ4n) is 1.63. The highest BCUT2D eigenvalue weighted by molar-refractivity contribution is 7.89. The maximum Gasteiger partial charge on any atom is 0.243 e. The van der Waals surface area contributed by atoms with Crippen molar-refractivity contribution >= 4 is 10.0 Å². The molecular formula is C13H21FN2O3S. The first-order chi connectivity index (χ1) is 9.51. The molecule has 0 spiro atoms. The predicted molar refractivity (Wildman–Crippen MR) is 75.5 cm³/mol. The third kappa shape index (κ3) is 5.16. The van der Waals surface area contributed by atoms with E-state index in [1.807, 2.05) is 6.92 Å². The predicted octanol–water partition coefficient (Wildman–Crippen LogP) is 1.25. The van der Waals surface area contributed by atoms with Crippen LogP contribution in [0.1, 0.15) is 18.9 Å². The summed E-state index contributed by atoms with van der Waals surface area (Å²) in [6, 6.07) is 4.11. The third-order valence-electron chi connectivity index (χ3n) is 2.68. The van der Waals surface area contributed by atoms with Gasteiger partial charge in [0.2, 0.25) is 10.0 Å². The van der Waals surface area contributed by atoms with Gasteiger partial charge in [-0.25, -0.2) is 17.5 Å². The second-order valence-electron chi connectivity index (χ2n) is 4.29. The van der Waals surface area contributed by atoms with Crippen molar-refractivity contribution in [2.24, 2.45) is 0 Å². The molecule has 114 valence electrons. The molecule has 0 radical (unpaired) electrons. The lowest BCUT2D eigenvalue weighted by Crippen LogP contribution is -2.26. The van der Waals surface area contributed by atoms with Crippen LogP contribution in [-0.2, 0) is 21.3 Å². The van der Waals surface area contributed by atoms with Crippen LogP contribution in [0.15, 0.2) is 23.1 Å². The number of nitrogens with one attached hydrogen (secondary N) is 2. The highest BCUT2D eigenvalue weighted by atomic mass is 32.2. The number of hydrogen-bond donors (Lipinski definition) is 2. The van der Waals surface area contributed by atoms with Crippen molar-refractivity contribution in [1.29, 1.82) is 0 Å². The van der Waals surface area contributed by atoms with Crippen LogP contribution in [0, 0.1) is 5.82 Å². The Bertz CT molecular complexity index is 520. The number of rotatable bonds is 9. The van der Waals surface area contributed by atoms with Gasteiger partial charge in [-0.2, -0.15) is 0 Å². The van der Waals surface area contributed by atoms with E-state index in [1.165, 1.54) is 12.1 Å². The lowest BCUT2D eigenvalue weighted by Gasteiger charge is -2.09. The highest BCUT2D eigenvalue weighted by Crippen LogP contribution is 2.16. The molecule has 0 aliphatic carbocycles. The van der Waals surface area contributed by atoms with Crippen LogP contribution in [0.4, 0.5) is 4.39 Å². The fourth-order valence-corrected chi connectivity index (χ4v) is 2.83. The second-order valence-corrected chi connectivity index (χ2v) is 6.02. The van der Waals surface area contributed by atoms with Gasteiger partial charge >= 0.3 is 0 Å². The van der Waals surface area contributed by atoms with Crippen molar-refractivity contribution in [2.45, 2.75) is 24.8 Å². The van der Waals surface area contributed by atoms with Gasteiger partial charge in [0.15, 0.2) is 0 Å². The molecule has 2 N–H and O–H groups in total. The Balaban J connectivity index is 2.81. The summed E-state index contributed by atoms with van der Waals surface area (Å²) in [6.07, 6.45) is 0.536. The van der Waals surface area contributed by atoms with Gasteiger partial charge in [-0.15, -0.1) is 0 Å². The lowest BCUT2D eigenvalue weighted by atomic mass is 10.2. The zero-order valence-corrected chi connectivity index (χ0v) is 12.6. The van der Waals surface area contributed by atoms with E-state index in [9.17, 15) is 12.8 Å². The molecule has 0 saturated carbocycles. The Labute approximate surface area is 119 Å². The van der Waals surface area contributed by atoms with Crippen molar-refractivity contribution < 1.29 is 17.5 Å². The Kier molecular flexibility index (Phi) is 7.08. The van der Waals surface area contributed by atoms with Crippen LogP contribution in [-0.4, -0.2) is 35.2 Å². The first kappa shape index (κ1) is 17.0. The molecule has 0 saturated heterocycles. The van der Waals surface area contributed by atoms with Crippen molar-refractivity contribution in [2.75, 3.05) is 26.8 Å². The number of halogens is 1. The molecule has 1 rings (SSSR count). The molecule has 1 aromatic carbocycles. The molecule has 5 nitrogen and oxygen atoms in total. The van der Waals surface area contributed by atoms with Gasteiger partial charge in [0.05, 0.1) is 0 Å². The SMILES string of the molecule is CCNCc1ccc(F)c(S(=O)(=O)NCCCOC)c1. The van der Waals surface area contributed by atoms with Crippen molar-refractivity contribution in [3.8, 4) is 0 Å². The molecule has 20 heavy (non-hydrogen) atoms. The first-order valence-electron chi connectivity index (χ1n) is 6.49. The number of benzene rings is 1. The summed E-state index contributed by atoms with van der Waals surface area (Å²) >= 11 is 0. The van der Waals surface area contributed by atoms with Gasteiger partial charge in [-0.3, -0.25) is 0 Å². The van der Waals surface area contributed by atoms with Gasteiger partial charge in [-0.1, -0.05) is 13.0 Å². The van der Waals surface area contributed by atoms with E-state index in [0.29, 0.717) is 19.6 Å². The smallest absolute Gasteiger partial charge is 0.243 e. The minimum absolute atomic E-state index is 0.215. The molecule has 7 heteroatoms. The highest BCUT2D eigenvalue weighted by Gasteiger charge is 2.18. The van der Waals surface area contributed by atoms with E-state index in [1.54, 1.807) is 13.2 Å². The molecule has 0 unspecified atom stereocenters. The van der Waals surface area contributed by atoms with Crippen LogP contribution in [0.25, 0.3) is 0 Å². The number of ether oxygens (including phenoxy) is 1. The van der Waals surface area contributed by atoms with Gasteiger partial charge < -0.3 is 10.1 Å². The minimum Gasteiger partial charge on any atom is -0.385 e. The average Bonchev–Trinajstić information content (AvgIpc) is 2.42. The van der Waals surface area contributed by atoms with Crippen molar-refractivity contribution in [1.82, 2.24) is 10.0 Å². The normalized spacial score (nSPS) is 11.8. The maximum atomic E-state index is 13.7. The molecule has 0 heterocycles. The van der Waals surface area contributed by atoms with Crippen LogP contribution >= 0.6 is 0 Å². The quantitative estimate of drug-likeness (QED) is 0.674. The van der Waals surface area contributed by atoms with Crippen LogP contribution in [0.2, 0.25) is 0 Å². The van der Waals surface area contributed by atoms with Gasteiger partial charge in [0.25, 0.3) is 0 Å². The lowest BCUT2D eigenvalue weighted by molar-refractivity contribution is 0.196. The summed E-state index contributed by atoms with van der Waals surface area (Å²) in [5, 5.41) is 3.07. The summed E-state index contributed by atoms with van der Waals surface area (Å²) < 4.78 is 45.0.